The third kappa shape index (κ3) is 5.67. The van der Waals surface area contributed by atoms with Gasteiger partial charge in [-0.05, 0) is 25.5 Å². The van der Waals surface area contributed by atoms with Gasteiger partial charge in [-0.2, -0.15) is 5.10 Å². The van der Waals surface area contributed by atoms with E-state index in [0.29, 0.717) is 11.7 Å². The maximum absolute atomic E-state index is 12.6. The van der Waals surface area contributed by atoms with Crippen LogP contribution < -0.4 is 10.1 Å². The smallest absolute Gasteiger partial charge is 0.222 e. The number of pyridine rings is 1. The van der Waals surface area contributed by atoms with Gasteiger partial charge in [0.1, 0.15) is 5.82 Å². The van der Waals surface area contributed by atoms with Crippen LogP contribution in [-0.4, -0.2) is 79.4 Å². The SMILES string of the molecule is COc1cc(CN2CCN(C(C)c3cc(NC(C)=O)n(S(=O)N(C)C)n3)C2)cc(C)n1. The van der Waals surface area contributed by atoms with Crippen molar-refractivity contribution in [2.24, 2.45) is 0 Å². The Bertz CT molecular complexity index is 962. The Labute approximate surface area is 185 Å². The van der Waals surface area contributed by atoms with E-state index in [1.807, 2.05) is 13.0 Å². The molecule has 170 valence electrons. The predicted molar refractivity (Wildman–Crippen MR) is 120 cm³/mol. The Morgan fingerprint density at radius 2 is 2.06 bits per heavy atom. The molecule has 2 aromatic rings. The van der Waals surface area contributed by atoms with Crippen molar-refractivity contribution in [2.75, 3.05) is 46.3 Å². The molecule has 2 aromatic heterocycles. The highest BCUT2D eigenvalue weighted by molar-refractivity contribution is 7.81. The van der Waals surface area contributed by atoms with Gasteiger partial charge in [-0.25, -0.2) is 13.5 Å². The molecule has 0 spiro atoms. The molecule has 10 nitrogen and oxygen atoms in total. The molecule has 3 rings (SSSR count). The molecule has 0 saturated carbocycles. The van der Waals surface area contributed by atoms with Gasteiger partial charge in [0.2, 0.25) is 23.0 Å². The van der Waals surface area contributed by atoms with Crippen molar-refractivity contribution in [3.63, 3.8) is 0 Å². The fourth-order valence-electron chi connectivity index (χ4n) is 3.59. The number of aryl methyl sites for hydroxylation is 1. The van der Waals surface area contributed by atoms with Gasteiger partial charge in [0.25, 0.3) is 0 Å². The average Bonchev–Trinajstić information content (AvgIpc) is 3.33. The minimum Gasteiger partial charge on any atom is -0.481 e. The number of nitrogens with one attached hydrogen (secondary N) is 1. The largest absolute Gasteiger partial charge is 0.481 e. The first kappa shape index (κ1) is 23.3. The highest BCUT2D eigenvalue weighted by Gasteiger charge is 2.28. The van der Waals surface area contributed by atoms with Crippen LogP contribution in [0.2, 0.25) is 0 Å². The van der Waals surface area contributed by atoms with Crippen LogP contribution >= 0.6 is 0 Å². The molecule has 31 heavy (non-hydrogen) atoms. The van der Waals surface area contributed by atoms with Gasteiger partial charge in [-0.3, -0.25) is 14.6 Å². The molecule has 1 amide bonds. The van der Waals surface area contributed by atoms with Crippen molar-refractivity contribution in [1.29, 1.82) is 0 Å². The van der Waals surface area contributed by atoms with E-state index in [0.717, 1.165) is 43.3 Å². The lowest BCUT2D eigenvalue weighted by molar-refractivity contribution is -0.114. The summed E-state index contributed by atoms with van der Waals surface area (Å²) < 4.78 is 20.8. The van der Waals surface area contributed by atoms with E-state index in [9.17, 15) is 9.00 Å². The summed E-state index contributed by atoms with van der Waals surface area (Å²) in [7, 11) is 5.03. The van der Waals surface area contributed by atoms with Crippen molar-refractivity contribution in [3.8, 4) is 5.88 Å². The van der Waals surface area contributed by atoms with Crippen LogP contribution in [0, 0.1) is 6.92 Å². The second kappa shape index (κ2) is 9.86. The number of nitrogens with zero attached hydrogens (tertiary/aromatic N) is 6. The maximum atomic E-state index is 12.6. The van der Waals surface area contributed by atoms with Crippen molar-refractivity contribution in [1.82, 2.24) is 28.3 Å². The summed E-state index contributed by atoms with van der Waals surface area (Å²) in [4.78, 5) is 20.6. The molecule has 2 unspecified atom stereocenters. The Hall–Kier alpha value is -2.34. The monoisotopic (exact) mass is 449 g/mol. The summed E-state index contributed by atoms with van der Waals surface area (Å²) in [6, 6.07) is 5.85. The topological polar surface area (TPSA) is 95.8 Å². The van der Waals surface area contributed by atoms with Gasteiger partial charge in [0.15, 0.2) is 0 Å². The highest BCUT2D eigenvalue weighted by atomic mass is 32.2. The van der Waals surface area contributed by atoms with Crippen molar-refractivity contribution >= 4 is 22.9 Å². The molecule has 1 aliphatic heterocycles. The van der Waals surface area contributed by atoms with E-state index in [4.69, 9.17) is 4.74 Å². The molecule has 0 aliphatic carbocycles. The molecule has 1 N–H and O–H groups in total. The van der Waals surface area contributed by atoms with Crippen molar-refractivity contribution < 1.29 is 13.7 Å². The number of rotatable bonds is 8. The number of methoxy groups -OCH3 is 1. The predicted octanol–water partition coefficient (Wildman–Crippen LogP) is 1.38. The third-order valence-electron chi connectivity index (χ3n) is 5.13. The van der Waals surface area contributed by atoms with E-state index in [1.54, 1.807) is 27.3 Å². The van der Waals surface area contributed by atoms with Crippen LogP contribution in [0.15, 0.2) is 18.2 Å². The first-order valence-electron chi connectivity index (χ1n) is 10.1. The van der Waals surface area contributed by atoms with Gasteiger partial charge in [0.05, 0.1) is 25.5 Å². The molecule has 1 saturated heterocycles. The van der Waals surface area contributed by atoms with Crippen LogP contribution in [-0.2, 0) is 22.5 Å². The number of amides is 1. The number of carbonyl (C=O) groups is 1. The van der Waals surface area contributed by atoms with Gasteiger partial charge in [-0.1, -0.05) is 0 Å². The van der Waals surface area contributed by atoms with E-state index in [-0.39, 0.29) is 11.9 Å². The number of hydrogen-bond donors (Lipinski definition) is 1. The Morgan fingerprint density at radius 1 is 1.32 bits per heavy atom. The number of aromatic nitrogens is 3. The van der Waals surface area contributed by atoms with E-state index < -0.39 is 11.2 Å². The summed E-state index contributed by atoms with van der Waals surface area (Å²) in [5, 5.41) is 7.28. The van der Waals surface area contributed by atoms with Crippen LogP contribution in [0.5, 0.6) is 5.88 Å². The Morgan fingerprint density at radius 3 is 2.71 bits per heavy atom. The molecule has 3 heterocycles. The lowest BCUT2D eigenvalue weighted by Gasteiger charge is -2.23. The highest BCUT2D eigenvalue weighted by Crippen LogP contribution is 2.26. The number of anilines is 1. The zero-order chi connectivity index (χ0) is 22.7. The first-order valence-corrected chi connectivity index (χ1v) is 11.2. The van der Waals surface area contributed by atoms with E-state index in [2.05, 4.69) is 38.2 Å². The van der Waals surface area contributed by atoms with Crippen molar-refractivity contribution in [2.45, 2.75) is 33.4 Å². The average molecular weight is 450 g/mol. The second-order valence-corrected chi connectivity index (χ2v) is 9.43. The summed E-state index contributed by atoms with van der Waals surface area (Å²) in [6.07, 6.45) is 0. The fraction of sp³-hybridized carbons (Fsp3) is 0.550. The maximum Gasteiger partial charge on any atom is 0.222 e. The summed E-state index contributed by atoms with van der Waals surface area (Å²) in [6.45, 7) is 8.87. The van der Waals surface area contributed by atoms with Gasteiger partial charge in [0, 0.05) is 58.5 Å². The van der Waals surface area contributed by atoms with Crippen LogP contribution in [0.1, 0.15) is 36.8 Å². The molecule has 11 heteroatoms. The normalized spacial score (nSPS) is 17.1. The van der Waals surface area contributed by atoms with E-state index in [1.165, 1.54) is 15.3 Å². The van der Waals surface area contributed by atoms with Crippen molar-refractivity contribution in [3.05, 3.63) is 35.2 Å². The minimum absolute atomic E-state index is 0.00614. The molecular weight excluding hydrogens is 418 g/mol. The second-order valence-electron chi connectivity index (χ2n) is 7.89. The minimum atomic E-state index is -1.52. The molecule has 0 radical (unpaired) electrons. The molecule has 1 fully saturated rings. The zero-order valence-electron chi connectivity index (χ0n) is 19.0. The molecule has 2 atom stereocenters. The summed E-state index contributed by atoms with van der Waals surface area (Å²) >= 11 is -1.52. The molecule has 1 aliphatic rings. The molecule has 0 bridgehead atoms. The fourth-order valence-corrected chi connectivity index (χ4v) is 4.33. The van der Waals surface area contributed by atoms with Crippen LogP contribution in [0.25, 0.3) is 0 Å². The zero-order valence-corrected chi connectivity index (χ0v) is 19.8. The van der Waals surface area contributed by atoms with E-state index >= 15 is 0 Å². The first-order chi connectivity index (χ1) is 14.7. The van der Waals surface area contributed by atoms with Gasteiger partial charge >= 0.3 is 0 Å². The third-order valence-corrected chi connectivity index (χ3v) is 6.33. The Balaban J connectivity index is 1.72. The van der Waals surface area contributed by atoms with Gasteiger partial charge < -0.3 is 10.1 Å². The van der Waals surface area contributed by atoms with Crippen LogP contribution in [0.4, 0.5) is 5.82 Å². The lowest BCUT2D eigenvalue weighted by Crippen LogP contribution is -2.28. The van der Waals surface area contributed by atoms with Gasteiger partial charge in [-0.15, -0.1) is 4.09 Å². The summed E-state index contributed by atoms with van der Waals surface area (Å²) in [5.74, 6) is 0.827. The number of carbonyl (C=O) groups excluding carboxylic acids is 1. The summed E-state index contributed by atoms with van der Waals surface area (Å²) in [5.41, 5.74) is 2.86. The standard InChI is InChI=1S/C20H31N7O3S/c1-14-9-17(10-20(21-14)30-6)12-25-7-8-26(13-25)15(2)18-11-19(22-16(3)28)27(23-18)31(29)24(4)5/h9-11,15H,7-8,12-13H2,1-6H3,(H,22,28). The number of hydrogen-bond acceptors (Lipinski definition) is 7. The quantitative estimate of drug-likeness (QED) is 0.650. The van der Waals surface area contributed by atoms with Crippen LogP contribution in [0.3, 0.4) is 0 Å². The molecular formula is C20H31N7O3S. The molecule has 0 aromatic carbocycles. The Kier molecular flexibility index (Phi) is 7.42. The lowest BCUT2D eigenvalue weighted by atomic mass is 10.2. The number of ether oxygens (including phenoxy) is 1.